The van der Waals surface area contributed by atoms with Gasteiger partial charge in [0.2, 0.25) is 0 Å². The van der Waals surface area contributed by atoms with E-state index in [1.54, 1.807) is 0 Å². The van der Waals surface area contributed by atoms with Gasteiger partial charge in [-0.3, -0.25) is 4.79 Å². The Morgan fingerprint density at radius 1 is 1.37 bits per heavy atom. The van der Waals surface area contributed by atoms with Crippen LogP contribution in [0.3, 0.4) is 0 Å². The molecule has 1 atom stereocenters. The zero-order valence-electron chi connectivity index (χ0n) is 11.4. The molecule has 0 saturated heterocycles. The van der Waals surface area contributed by atoms with Crippen molar-refractivity contribution in [3.63, 3.8) is 0 Å². The predicted octanol–water partition coefficient (Wildman–Crippen LogP) is 2.44. The highest BCUT2D eigenvalue weighted by Gasteiger charge is 2.18. The second-order valence-corrected chi connectivity index (χ2v) is 4.74. The Morgan fingerprint density at radius 2 is 2.05 bits per heavy atom. The van der Waals surface area contributed by atoms with Crippen LogP contribution < -0.4 is 5.32 Å². The van der Waals surface area contributed by atoms with Gasteiger partial charge in [0.15, 0.2) is 0 Å². The summed E-state index contributed by atoms with van der Waals surface area (Å²) in [5, 5.41) is 3.15. The van der Waals surface area contributed by atoms with Gasteiger partial charge in [0.25, 0.3) is 0 Å². The lowest BCUT2D eigenvalue weighted by Crippen LogP contribution is -2.38. The lowest BCUT2D eigenvalue weighted by molar-refractivity contribution is -0.141. The summed E-state index contributed by atoms with van der Waals surface area (Å²) >= 11 is 0. The van der Waals surface area contributed by atoms with Crippen molar-refractivity contribution in [3.8, 4) is 0 Å². The highest BCUT2D eigenvalue weighted by atomic mass is 19.1. The molecule has 5 heteroatoms. The molecule has 1 unspecified atom stereocenters. The van der Waals surface area contributed by atoms with Crippen LogP contribution in [0.15, 0.2) is 18.2 Å². The minimum Gasteiger partial charge on any atom is -0.469 e. The first-order valence-corrected chi connectivity index (χ1v) is 6.19. The van der Waals surface area contributed by atoms with E-state index >= 15 is 0 Å². The van der Waals surface area contributed by atoms with Gasteiger partial charge in [-0.25, -0.2) is 8.78 Å². The Hall–Kier alpha value is -1.49. The van der Waals surface area contributed by atoms with E-state index in [1.807, 2.05) is 13.8 Å². The van der Waals surface area contributed by atoms with Crippen molar-refractivity contribution in [1.29, 1.82) is 0 Å². The Morgan fingerprint density at radius 3 is 2.63 bits per heavy atom. The molecule has 0 aliphatic rings. The van der Waals surface area contributed by atoms with Crippen LogP contribution >= 0.6 is 0 Å². The van der Waals surface area contributed by atoms with Gasteiger partial charge < -0.3 is 10.1 Å². The third-order valence-corrected chi connectivity index (χ3v) is 2.68. The lowest BCUT2D eigenvalue weighted by Gasteiger charge is -2.20. The van der Waals surface area contributed by atoms with E-state index in [1.165, 1.54) is 7.11 Å². The molecule has 0 aliphatic heterocycles. The molecule has 1 rings (SSSR count). The second kappa shape index (κ2) is 7.19. The first kappa shape index (κ1) is 15.6. The van der Waals surface area contributed by atoms with Gasteiger partial charge >= 0.3 is 5.97 Å². The molecular formula is C14H19F2NO2. The summed E-state index contributed by atoms with van der Waals surface area (Å²) in [6.07, 6.45) is 0.349. The molecular weight excluding hydrogens is 252 g/mol. The maximum Gasteiger partial charge on any atom is 0.307 e. The number of ether oxygens (including phenoxy) is 1. The molecule has 0 aromatic heterocycles. The van der Waals surface area contributed by atoms with Crippen molar-refractivity contribution in [1.82, 2.24) is 5.32 Å². The van der Waals surface area contributed by atoms with Crippen LogP contribution in [0.1, 0.15) is 25.8 Å². The SMILES string of the molecule is COC(=O)CC(Cc1cc(F)ccc1F)NC(C)C. The zero-order chi connectivity index (χ0) is 14.4. The molecule has 106 valence electrons. The summed E-state index contributed by atoms with van der Waals surface area (Å²) in [5.74, 6) is -1.34. The number of hydrogen-bond acceptors (Lipinski definition) is 3. The summed E-state index contributed by atoms with van der Waals surface area (Å²) in [4.78, 5) is 11.3. The van der Waals surface area contributed by atoms with Crippen molar-refractivity contribution >= 4 is 5.97 Å². The Balaban J connectivity index is 2.80. The number of carbonyl (C=O) groups is 1. The summed E-state index contributed by atoms with van der Waals surface area (Å²) < 4.78 is 31.3. The van der Waals surface area contributed by atoms with Gasteiger partial charge in [0, 0.05) is 12.1 Å². The van der Waals surface area contributed by atoms with Gasteiger partial charge in [-0.05, 0) is 30.2 Å². The maximum absolute atomic E-state index is 13.6. The molecule has 1 aromatic carbocycles. The largest absolute Gasteiger partial charge is 0.469 e. The van der Waals surface area contributed by atoms with Crippen molar-refractivity contribution in [2.45, 2.75) is 38.8 Å². The van der Waals surface area contributed by atoms with Crippen molar-refractivity contribution in [2.24, 2.45) is 0 Å². The fourth-order valence-electron chi connectivity index (χ4n) is 1.91. The van der Waals surface area contributed by atoms with Crippen LogP contribution in [0, 0.1) is 11.6 Å². The van der Waals surface area contributed by atoms with E-state index in [4.69, 9.17) is 0 Å². The number of methoxy groups -OCH3 is 1. The number of esters is 1. The minimum absolute atomic E-state index is 0.116. The Bertz CT molecular complexity index is 435. The maximum atomic E-state index is 13.6. The normalized spacial score (nSPS) is 12.5. The fourth-order valence-corrected chi connectivity index (χ4v) is 1.91. The van der Waals surface area contributed by atoms with Crippen LogP contribution in [-0.2, 0) is 16.0 Å². The summed E-state index contributed by atoms with van der Waals surface area (Å²) in [6, 6.07) is 3.16. The standard InChI is InChI=1S/C14H19F2NO2/c1-9(2)17-12(8-14(18)19-3)7-10-6-11(15)4-5-13(10)16/h4-6,9,12,17H,7-8H2,1-3H3. The van der Waals surface area contributed by atoms with Gasteiger partial charge in [0.1, 0.15) is 11.6 Å². The van der Waals surface area contributed by atoms with Crippen molar-refractivity contribution in [3.05, 3.63) is 35.4 Å². The first-order valence-electron chi connectivity index (χ1n) is 6.19. The highest BCUT2D eigenvalue weighted by Crippen LogP contribution is 2.14. The number of carbonyl (C=O) groups excluding carboxylic acids is 1. The number of rotatable bonds is 6. The molecule has 1 N–H and O–H groups in total. The van der Waals surface area contributed by atoms with Crippen LogP contribution in [0.25, 0.3) is 0 Å². The molecule has 0 radical (unpaired) electrons. The molecule has 0 bridgehead atoms. The summed E-state index contributed by atoms with van der Waals surface area (Å²) in [6.45, 7) is 3.85. The van der Waals surface area contributed by atoms with E-state index in [2.05, 4.69) is 10.1 Å². The van der Waals surface area contributed by atoms with Gasteiger partial charge in [-0.2, -0.15) is 0 Å². The van der Waals surface area contributed by atoms with Crippen LogP contribution in [0.5, 0.6) is 0 Å². The predicted molar refractivity (Wildman–Crippen MR) is 68.8 cm³/mol. The number of halogens is 2. The number of hydrogen-bond donors (Lipinski definition) is 1. The van der Waals surface area contributed by atoms with Gasteiger partial charge in [-0.15, -0.1) is 0 Å². The molecule has 0 amide bonds. The van der Waals surface area contributed by atoms with E-state index < -0.39 is 11.6 Å². The van der Waals surface area contributed by atoms with Crippen LogP contribution in [-0.4, -0.2) is 25.2 Å². The van der Waals surface area contributed by atoms with E-state index in [0.717, 1.165) is 18.2 Å². The Labute approximate surface area is 112 Å². The minimum atomic E-state index is -0.488. The zero-order valence-corrected chi connectivity index (χ0v) is 11.4. The molecule has 0 heterocycles. The average molecular weight is 271 g/mol. The van der Waals surface area contributed by atoms with E-state index in [9.17, 15) is 13.6 Å². The van der Waals surface area contributed by atoms with Gasteiger partial charge in [0.05, 0.1) is 13.5 Å². The molecule has 0 fully saturated rings. The molecule has 0 spiro atoms. The van der Waals surface area contributed by atoms with Crippen LogP contribution in [0.4, 0.5) is 8.78 Å². The Kier molecular flexibility index (Phi) is 5.89. The lowest BCUT2D eigenvalue weighted by atomic mass is 10.0. The fraction of sp³-hybridized carbons (Fsp3) is 0.500. The van der Waals surface area contributed by atoms with Crippen molar-refractivity contribution < 1.29 is 18.3 Å². The van der Waals surface area contributed by atoms with E-state index in [-0.39, 0.29) is 36.5 Å². The van der Waals surface area contributed by atoms with Crippen molar-refractivity contribution in [2.75, 3.05) is 7.11 Å². The topological polar surface area (TPSA) is 38.3 Å². The van der Waals surface area contributed by atoms with Gasteiger partial charge in [-0.1, -0.05) is 13.8 Å². The third-order valence-electron chi connectivity index (χ3n) is 2.68. The van der Waals surface area contributed by atoms with Crippen LogP contribution in [0.2, 0.25) is 0 Å². The monoisotopic (exact) mass is 271 g/mol. The first-order chi connectivity index (χ1) is 8.92. The summed E-state index contributed by atoms with van der Waals surface area (Å²) in [5.41, 5.74) is 0.252. The number of benzene rings is 1. The molecule has 0 aliphatic carbocycles. The van der Waals surface area contributed by atoms with E-state index in [0.29, 0.717) is 0 Å². The summed E-state index contributed by atoms with van der Waals surface area (Å²) in [7, 11) is 1.30. The molecule has 1 aromatic rings. The molecule has 0 saturated carbocycles. The second-order valence-electron chi connectivity index (χ2n) is 4.74. The molecule has 3 nitrogen and oxygen atoms in total. The smallest absolute Gasteiger partial charge is 0.307 e. The molecule has 19 heavy (non-hydrogen) atoms. The number of nitrogens with one attached hydrogen (secondary N) is 1. The average Bonchev–Trinajstić information content (AvgIpc) is 2.32. The third kappa shape index (κ3) is 5.34. The highest BCUT2D eigenvalue weighted by molar-refractivity contribution is 5.70. The quantitative estimate of drug-likeness (QED) is 0.808.